The molecule has 0 unspecified atom stereocenters. The van der Waals surface area contributed by atoms with Crippen molar-refractivity contribution in [1.29, 1.82) is 0 Å². The van der Waals surface area contributed by atoms with Crippen LogP contribution < -0.4 is 5.43 Å². The first-order valence-electron chi connectivity index (χ1n) is 5.21. The van der Waals surface area contributed by atoms with E-state index in [4.69, 9.17) is 13.0 Å². The van der Waals surface area contributed by atoms with Crippen molar-refractivity contribution in [1.82, 2.24) is 10.4 Å². The van der Waals surface area contributed by atoms with Gasteiger partial charge in [0, 0.05) is 0 Å². The highest BCUT2D eigenvalue weighted by atomic mass is 16.3. The van der Waals surface area contributed by atoms with Crippen molar-refractivity contribution < 1.29 is 5.11 Å². The van der Waals surface area contributed by atoms with Crippen LogP contribution >= 0.6 is 0 Å². The smallest absolute Gasteiger partial charge is 0.141 e. The molecular formula is C11H16BN3O. The molecule has 2 radical (unpaired) electrons. The van der Waals surface area contributed by atoms with Gasteiger partial charge in [0.25, 0.3) is 0 Å². The van der Waals surface area contributed by atoms with Crippen LogP contribution in [0.2, 0.25) is 0 Å². The van der Waals surface area contributed by atoms with E-state index in [-0.39, 0.29) is 6.61 Å². The minimum Gasteiger partial charge on any atom is -0.394 e. The van der Waals surface area contributed by atoms with Gasteiger partial charge in [-0.2, -0.15) is 0 Å². The van der Waals surface area contributed by atoms with Crippen molar-refractivity contribution in [2.24, 2.45) is 4.99 Å². The summed E-state index contributed by atoms with van der Waals surface area (Å²) < 4.78 is 0. The second-order valence-electron chi connectivity index (χ2n) is 3.20. The molecular weight excluding hydrogens is 201 g/mol. The van der Waals surface area contributed by atoms with E-state index in [2.05, 4.69) is 10.4 Å². The Hall–Kier alpha value is -1.49. The molecule has 0 saturated heterocycles. The molecule has 2 N–H and O–H groups in total. The van der Waals surface area contributed by atoms with Gasteiger partial charge < -0.3 is 5.11 Å². The summed E-state index contributed by atoms with van der Waals surface area (Å²) in [7, 11) is 5.85. The van der Waals surface area contributed by atoms with Crippen molar-refractivity contribution in [3.05, 3.63) is 35.6 Å². The average molecular weight is 217 g/mol. The van der Waals surface area contributed by atoms with Crippen LogP contribution in [0.3, 0.4) is 0 Å². The van der Waals surface area contributed by atoms with Gasteiger partial charge in [0.15, 0.2) is 0 Å². The Morgan fingerprint density at radius 1 is 1.56 bits per heavy atom. The van der Waals surface area contributed by atoms with Crippen molar-refractivity contribution in [3.8, 4) is 0 Å². The minimum atomic E-state index is 0.0363. The molecule has 84 valence electrons. The van der Waals surface area contributed by atoms with E-state index < -0.39 is 0 Å². The fraction of sp³-hybridized carbons (Fsp3) is 0.364. The Kier molecular flexibility index (Phi) is 4.86. The maximum absolute atomic E-state index is 8.70. The molecule has 0 fully saturated rings. The van der Waals surface area contributed by atoms with Crippen LogP contribution in [0.25, 0.3) is 0 Å². The lowest BCUT2D eigenvalue weighted by Crippen LogP contribution is -2.42. The summed E-state index contributed by atoms with van der Waals surface area (Å²) in [6.07, 6.45) is 7.52. The number of aliphatic hydroxyl groups is 1. The van der Waals surface area contributed by atoms with Crippen LogP contribution in [0.15, 0.2) is 40.6 Å². The van der Waals surface area contributed by atoms with E-state index in [0.717, 1.165) is 5.70 Å². The van der Waals surface area contributed by atoms with Gasteiger partial charge in [0.2, 0.25) is 0 Å². The molecule has 0 aliphatic carbocycles. The van der Waals surface area contributed by atoms with E-state index in [1.165, 1.54) is 0 Å². The second kappa shape index (κ2) is 6.17. The summed E-state index contributed by atoms with van der Waals surface area (Å²) >= 11 is 0. The molecule has 1 aliphatic rings. The number of hydrazine groups is 1. The SMILES string of the molecule is [B]/C(=C/C)N1NC(=NCCO)C=CC1=CC. The lowest BCUT2D eigenvalue weighted by Gasteiger charge is -2.31. The quantitative estimate of drug-likeness (QED) is 0.683. The van der Waals surface area contributed by atoms with Crippen LogP contribution in [0, 0.1) is 0 Å². The zero-order valence-electron chi connectivity index (χ0n) is 9.64. The number of amidine groups is 1. The topological polar surface area (TPSA) is 47.9 Å². The van der Waals surface area contributed by atoms with Gasteiger partial charge in [-0.05, 0) is 31.6 Å². The highest BCUT2D eigenvalue weighted by molar-refractivity contribution is 6.21. The van der Waals surface area contributed by atoms with Gasteiger partial charge in [-0.15, -0.1) is 0 Å². The van der Waals surface area contributed by atoms with Crippen LogP contribution in [-0.2, 0) is 0 Å². The second-order valence-corrected chi connectivity index (χ2v) is 3.20. The molecule has 0 bridgehead atoms. The van der Waals surface area contributed by atoms with Crippen LogP contribution in [-0.4, -0.2) is 36.9 Å². The van der Waals surface area contributed by atoms with E-state index in [1.54, 1.807) is 11.1 Å². The predicted molar refractivity (Wildman–Crippen MR) is 66.8 cm³/mol. The number of rotatable bonds is 3. The first-order valence-corrected chi connectivity index (χ1v) is 5.21. The van der Waals surface area contributed by atoms with E-state index in [0.29, 0.717) is 18.0 Å². The lowest BCUT2D eigenvalue weighted by atomic mass is 10.0. The molecule has 0 aromatic carbocycles. The molecule has 1 rings (SSSR count). The van der Waals surface area contributed by atoms with Crippen LogP contribution in [0.4, 0.5) is 0 Å². The number of aliphatic hydroxyl groups excluding tert-OH is 1. The molecule has 1 heterocycles. The first-order chi connectivity index (χ1) is 7.72. The Balaban J connectivity index is 2.89. The third-order valence-electron chi connectivity index (χ3n) is 2.13. The molecule has 0 amide bonds. The summed E-state index contributed by atoms with van der Waals surface area (Å²) in [6.45, 7) is 4.22. The fourth-order valence-electron chi connectivity index (χ4n) is 1.28. The van der Waals surface area contributed by atoms with Crippen molar-refractivity contribution in [2.45, 2.75) is 13.8 Å². The monoisotopic (exact) mass is 217 g/mol. The molecule has 0 aromatic heterocycles. The number of nitrogens with one attached hydrogen (secondary N) is 1. The van der Waals surface area contributed by atoms with E-state index in [1.807, 2.05) is 32.1 Å². The molecule has 0 saturated carbocycles. The number of hydrogen-bond donors (Lipinski definition) is 2. The molecule has 1 aliphatic heterocycles. The van der Waals surface area contributed by atoms with E-state index >= 15 is 0 Å². The summed E-state index contributed by atoms with van der Waals surface area (Å²) in [5.41, 5.74) is 4.63. The minimum absolute atomic E-state index is 0.0363. The lowest BCUT2D eigenvalue weighted by molar-refractivity contribution is 0.306. The Bertz CT molecular complexity index is 358. The normalized spacial score (nSPS) is 21.7. The molecule has 0 spiro atoms. The number of nitrogens with zero attached hydrogens (tertiary/aromatic N) is 2. The van der Waals surface area contributed by atoms with Gasteiger partial charge in [0.1, 0.15) is 13.7 Å². The molecule has 0 atom stereocenters. The summed E-state index contributed by atoms with van der Waals surface area (Å²) in [5, 5.41) is 10.4. The third-order valence-corrected chi connectivity index (χ3v) is 2.13. The number of aliphatic imine (C=N–C) groups is 1. The summed E-state index contributed by atoms with van der Waals surface area (Å²) in [6, 6.07) is 0. The Labute approximate surface area is 97.4 Å². The third kappa shape index (κ3) is 3.00. The van der Waals surface area contributed by atoms with Crippen LogP contribution in [0.5, 0.6) is 0 Å². The first kappa shape index (κ1) is 12.6. The zero-order valence-corrected chi connectivity index (χ0v) is 9.64. The Morgan fingerprint density at radius 2 is 2.31 bits per heavy atom. The molecule has 0 aromatic rings. The highest BCUT2D eigenvalue weighted by Gasteiger charge is 2.13. The van der Waals surface area contributed by atoms with Gasteiger partial charge in [-0.1, -0.05) is 12.2 Å². The highest BCUT2D eigenvalue weighted by Crippen LogP contribution is 2.13. The van der Waals surface area contributed by atoms with Gasteiger partial charge >= 0.3 is 0 Å². The van der Waals surface area contributed by atoms with E-state index in [9.17, 15) is 0 Å². The van der Waals surface area contributed by atoms with Gasteiger partial charge in [-0.3, -0.25) is 15.4 Å². The maximum Gasteiger partial charge on any atom is 0.141 e. The van der Waals surface area contributed by atoms with Crippen molar-refractivity contribution in [3.63, 3.8) is 0 Å². The maximum atomic E-state index is 8.70. The van der Waals surface area contributed by atoms with Gasteiger partial charge in [-0.25, -0.2) is 0 Å². The fourth-order valence-corrected chi connectivity index (χ4v) is 1.28. The molecule has 16 heavy (non-hydrogen) atoms. The largest absolute Gasteiger partial charge is 0.394 e. The van der Waals surface area contributed by atoms with Gasteiger partial charge in [0.05, 0.1) is 18.8 Å². The zero-order chi connectivity index (χ0) is 12.0. The summed E-state index contributed by atoms with van der Waals surface area (Å²) in [4.78, 5) is 4.15. The number of hydrogen-bond acceptors (Lipinski definition) is 3. The molecule has 5 heteroatoms. The standard InChI is InChI=1S/C11H16BN3O/c1-3-9-5-6-11(13-7-8-16)14-15(9)10(12)4-2/h3-6,16H,7-8H2,1-2H3,(H,13,14)/b9-3?,10-4-. The Morgan fingerprint density at radius 3 is 2.88 bits per heavy atom. The summed E-state index contributed by atoms with van der Waals surface area (Å²) in [5.74, 6) is 0.685. The average Bonchev–Trinajstić information content (AvgIpc) is 2.35. The van der Waals surface area contributed by atoms with Crippen molar-refractivity contribution >= 4 is 13.7 Å². The molecule has 4 nitrogen and oxygen atoms in total. The van der Waals surface area contributed by atoms with Crippen LogP contribution in [0.1, 0.15) is 13.8 Å². The predicted octanol–water partition coefficient (Wildman–Crippen LogP) is 0.687. The number of allylic oxidation sites excluding steroid dienone is 3. The van der Waals surface area contributed by atoms with Crippen molar-refractivity contribution in [2.75, 3.05) is 13.2 Å².